The van der Waals surface area contributed by atoms with Crippen LogP contribution >= 0.6 is 0 Å². The van der Waals surface area contributed by atoms with E-state index in [1.54, 1.807) is 0 Å². The van der Waals surface area contributed by atoms with Crippen LogP contribution in [0.25, 0.3) is 0 Å². The third-order valence-corrected chi connectivity index (χ3v) is 4.50. The Kier molecular flexibility index (Phi) is 3.64. The molecule has 0 radical (unpaired) electrons. The normalized spacial score (nSPS) is 11.4. The van der Waals surface area contributed by atoms with Crippen molar-refractivity contribution in [3.05, 3.63) is 46.2 Å². The van der Waals surface area contributed by atoms with Crippen LogP contribution in [-0.4, -0.2) is 29.4 Å². The van der Waals surface area contributed by atoms with Gasteiger partial charge < -0.3 is 14.9 Å². The van der Waals surface area contributed by atoms with Gasteiger partial charge in [0.25, 0.3) is 0 Å². The summed E-state index contributed by atoms with van der Waals surface area (Å²) >= 11 is 0. The summed E-state index contributed by atoms with van der Waals surface area (Å²) in [6, 6.07) is 2.86. The topological polar surface area (TPSA) is 104 Å². The predicted molar refractivity (Wildman–Crippen MR) is 69.2 cm³/mol. The van der Waals surface area contributed by atoms with Gasteiger partial charge in [0.1, 0.15) is 11.1 Å². The molecular formula is C11H10FN3O5S. The fraction of sp³-hybridized carbons (Fsp3) is 0.182. The van der Waals surface area contributed by atoms with Crippen molar-refractivity contribution >= 4 is 15.8 Å². The number of nitro groups is 1. The smallest absolute Gasteiger partial charge is 0.358 e. The Bertz CT molecular complexity index is 815. The highest BCUT2D eigenvalue weighted by Gasteiger charge is 2.32. The average Bonchev–Trinajstić information content (AvgIpc) is 2.81. The molecule has 0 spiro atoms. The van der Waals surface area contributed by atoms with E-state index in [0.29, 0.717) is 3.97 Å². The predicted octanol–water partition coefficient (Wildman–Crippen LogP) is 1.48. The lowest BCUT2D eigenvalue weighted by Gasteiger charge is -2.07. The summed E-state index contributed by atoms with van der Waals surface area (Å²) in [5.74, 6) is -1.80. The monoisotopic (exact) mass is 315 g/mol. The molecule has 0 atom stereocenters. The quantitative estimate of drug-likeness (QED) is 0.625. The summed E-state index contributed by atoms with van der Waals surface area (Å²) in [5, 5.41) is 10.9. The third kappa shape index (κ3) is 2.44. The standard InChI is InChI=1S/C11H10FN3O5S/c1-7-13-6-11(15(16)17)14(7)21(18,19)8-3-4-9(12)10(5-8)20-2/h3-6H,1-2H3. The lowest BCUT2D eigenvalue weighted by atomic mass is 10.3. The zero-order chi connectivity index (χ0) is 15.8. The van der Waals surface area contributed by atoms with Crippen LogP contribution in [0, 0.1) is 22.9 Å². The highest BCUT2D eigenvalue weighted by atomic mass is 32.2. The molecule has 0 aliphatic heterocycles. The zero-order valence-corrected chi connectivity index (χ0v) is 11.8. The highest BCUT2D eigenvalue weighted by Crippen LogP contribution is 2.26. The van der Waals surface area contributed by atoms with Gasteiger partial charge in [-0.15, -0.1) is 0 Å². The second-order valence-electron chi connectivity index (χ2n) is 3.99. The number of aromatic nitrogens is 2. The molecule has 0 N–H and O–H groups in total. The van der Waals surface area contributed by atoms with Crippen molar-refractivity contribution in [1.29, 1.82) is 0 Å². The zero-order valence-electron chi connectivity index (χ0n) is 11.0. The minimum absolute atomic E-state index is 0.0787. The Morgan fingerprint density at radius 2 is 2.10 bits per heavy atom. The van der Waals surface area contributed by atoms with Gasteiger partial charge in [0.2, 0.25) is 5.82 Å². The van der Waals surface area contributed by atoms with Gasteiger partial charge in [-0.3, -0.25) is 0 Å². The van der Waals surface area contributed by atoms with Crippen molar-refractivity contribution in [3.8, 4) is 5.75 Å². The first-order valence-electron chi connectivity index (χ1n) is 5.57. The van der Waals surface area contributed by atoms with Crippen molar-refractivity contribution in [3.63, 3.8) is 0 Å². The number of ether oxygens (including phenoxy) is 1. The van der Waals surface area contributed by atoms with Gasteiger partial charge in [-0.05, 0) is 17.1 Å². The molecule has 0 bridgehead atoms. The van der Waals surface area contributed by atoms with Gasteiger partial charge >= 0.3 is 15.8 Å². The van der Waals surface area contributed by atoms with Crippen LogP contribution < -0.4 is 4.74 Å². The van der Waals surface area contributed by atoms with E-state index in [9.17, 15) is 22.9 Å². The summed E-state index contributed by atoms with van der Waals surface area (Å²) in [4.78, 5) is 13.3. The van der Waals surface area contributed by atoms with E-state index >= 15 is 0 Å². The van der Waals surface area contributed by atoms with Crippen molar-refractivity contribution in [1.82, 2.24) is 8.96 Å². The van der Waals surface area contributed by atoms with Crippen molar-refractivity contribution < 1.29 is 22.5 Å². The summed E-state index contributed by atoms with van der Waals surface area (Å²) in [6.07, 6.45) is 0.841. The maximum absolute atomic E-state index is 13.3. The second-order valence-corrected chi connectivity index (χ2v) is 5.77. The minimum atomic E-state index is -4.29. The van der Waals surface area contributed by atoms with E-state index in [1.165, 1.54) is 14.0 Å². The molecule has 0 fully saturated rings. The van der Waals surface area contributed by atoms with Crippen LogP contribution in [0.3, 0.4) is 0 Å². The molecule has 2 rings (SSSR count). The Balaban J connectivity index is 2.68. The Labute approximate surface area is 119 Å². The van der Waals surface area contributed by atoms with Crippen LogP contribution in [0.5, 0.6) is 5.75 Å². The summed E-state index contributed by atoms with van der Waals surface area (Å²) < 4.78 is 43.5. The number of nitrogens with zero attached hydrogens (tertiary/aromatic N) is 3. The first kappa shape index (κ1) is 14.9. The molecular weight excluding hydrogens is 305 g/mol. The molecule has 0 unspecified atom stereocenters. The van der Waals surface area contributed by atoms with Gasteiger partial charge in [0, 0.05) is 13.0 Å². The molecule has 0 saturated carbocycles. The minimum Gasteiger partial charge on any atom is -0.494 e. The largest absolute Gasteiger partial charge is 0.494 e. The molecule has 1 aromatic carbocycles. The molecule has 112 valence electrons. The number of halogens is 1. The molecule has 2 aromatic rings. The van der Waals surface area contributed by atoms with Gasteiger partial charge in [-0.2, -0.15) is 8.42 Å². The second kappa shape index (κ2) is 5.13. The maximum Gasteiger partial charge on any atom is 0.358 e. The number of hydrogen-bond donors (Lipinski definition) is 0. The molecule has 1 aromatic heterocycles. The fourth-order valence-electron chi connectivity index (χ4n) is 1.75. The number of aryl methyl sites for hydroxylation is 1. The van der Waals surface area contributed by atoms with Gasteiger partial charge in [0.05, 0.1) is 7.11 Å². The average molecular weight is 315 g/mol. The van der Waals surface area contributed by atoms with Gasteiger partial charge in [-0.1, -0.05) is 3.97 Å². The van der Waals surface area contributed by atoms with E-state index in [1.807, 2.05) is 0 Å². The van der Waals surface area contributed by atoms with E-state index < -0.39 is 26.6 Å². The van der Waals surface area contributed by atoms with Gasteiger partial charge in [0.15, 0.2) is 11.6 Å². The van der Waals surface area contributed by atoms with Gasteiger partial charge in [-0.25, -0.2) is 9.37 Å². The first-order valence-corrected chi connectivity index (χ1v) is 7.01. The molecule has 8 nitrogen and oxygen atoms in total. The van der Waals surface area contributed by atoms with Crippen LogP contribution in [-0.2, 0) is 10.0 Å². The van der Waals surface area contributed by atoms with Crippen molar-refractivity contribution in [2.45, 2.75) is 11.8 Å². The molecule has 21 heavy (non-hydrogen) atoms. The number of hydrogen-bond acceptors (Lipinski definition) is 6. The number of rotatable bonds is 4. The lowest BCUT2D eigenvalue weighted by molar-refractivity contribution is -0.390. The molecule has 10 heteroatoms. The van der Waals surface area contributed by atoms with E-state index in [2.05, 4.69) is 4.98 Å². The molecule has 0 saturated heterocycles. The summed E-state index contributed by atoms with van der Waals surface area (Å²) in [5.41, 5.74) is 0. The number of methoxy groups -OCH3 is 1. The Hall–Kier alpha value is -2.49. The van der Waals surface area contributed by atoms with E-state index in [4.69, 9.17) is 4.74 Å². The fourth-order valence-corrected chi connectivity index (χ4v) is 3.21. The van der Waals surface area contributed by atoms with Crippen LogP contribution in [0.1, 0.15) is 5.82 Å². The number of benzene rings is 1. The third-order valence-electron chi connectivity index (χ3n) is 2.72. The maximum atomic E-state index is 13.3. The van der Waals surface area contributed by atoms with E-state index in [0.717, 1.165) is 24.4 Å². The molecule has 1 heterocycles. The number of imidazole rings is 1. The molecule has 0 amide bonds. The highest BCUT2D eigenvalue weighted by molar-refractivity contribution is 7.90. The summed E-state index contributed by atoms with van der Waals surface area (Å²) in [6.45, 7) is 1.31. The van der Waals surface area contributed by atoms with Crippen LogP contribution in [0.4, 0.5) is 10.2 Å². The molecule has 0 aliphatic carbocycles. The molecule has 0 aliphatic rings. The lowest BCUT2D eigenvalue weighted by Crippen LogP contribution is -2.17. The van der Waals surface area contributed by atoms with Crippen molar-refractivity contribution in [2.75, 3.05) is 7.11 Å². The Morgan fingerprint density at radius 1 is 1.43 bits per heavy atom. The van der Waals surface area contributed by atoms with Crippen molar-refractivity contribution in [2.24, 2.45) is 0 Å². The SMILES string of the molecule is COc1cc(S(=O)(=O)n2c([N+](=O)[O-])cnc2C)ccc1F. The summed E-state index contributed by atoms with van der Waals surface area (Å²) in [7, 11) is -3.11. The first-order chi connectivity index (χ1) is 9.78. The Morgan fingerprint density at radius 3 is 2.67 bits per heavy atom. The van der Waals surface area contributed by atoms with Crippen LogP contribution in [0.2, 0.25) is 0 Å². The van der Waals surface area contributed by atoms with E-state index in [-0.39, 0.29) is 16.5 Å². The van der Waals surface area contributed by atoms with Crippen LogP contribution in [0.15, 0.2) is 29.3 Å².